The summed E-state index contributed by atoms with van der Waals surface area (Å²) < 4.78 is 11.9. The van der Waals surface area contributed by atoms with E-state index in [1.807, 2.05) is 17.9 Å². The van der Waals surface area contributed by atoms with Crippen molar-refractivity contribution in [2.75, 3.05) is 25.7 Å². The van der Waals surface area contributed by atoms with Crippen LogP contribution in [-0.2, 0) is 6.54 Å². The molecule has 0 saturated heterocycles. The van der Waals surface area contributed by atoms with Crippen LogP contribution < -0.4 is 19.9 Å². The van der Waals surface area contributed by atoms with Crippen LogP contribution in [0.2, 0.25) is 0 Å². The highest BCUT2D eigenvalue weighted by Gasteiger charge is 2.14. The normalized spacial score (nSPS) is 11.1. The van der Waals surface area contributed by atoms with Crippen molar-refractivity contribution in [2.24, 2.45) is 0 Å². The van der Waals surface area contributed by atoms with Gasteiger partial charge in [0.05, 0.1) is 31.7 Å². The Morgan fingerprint density at radius 1 is 1.18 bits per heavy atom. The number of nitrogens with one attached hydrogen (secondary N) is 1. The van der Waals surface area contributed by atoms with Crippen LogP contribution in [0.15, 0.2) is 29.1 Å². The first-order valence-corrected chi connectivity index (χ1v) is 8.58. The average molecular weight is 382 g/mol. The summed E-state index contributed by atoms with van der Waals surface area (Å²) in [6.45, 7) is 2.99. The molecule has 0 unspecified atom stereocenters. The number of ether oxygens (including phenoxy) is 2. The molecule has 4 aromatic rings. The molecule has 4 rings (SSSR count). The maximum atomic E-state index is 12.6. The Balaban J connectivity index is 1.72. The van der Waals surface area contributed by atoms with Gasteiger partial charge in [0.1, 0.15) is 5.82 Å². The van der Waals surface area contributed by atoms with Crippen molar-refractivity contribution in [2.45, 2.75) is 13.5 Å². The summed E-state index contributed by atoms with van der Waals surface area (Å²) in [5, 5.41) is 16.1. The van der Waals surface area contributed by atoms with Crippen LogP contribution in [0.25, 0.3) is 16.6 Å². The number of nitrogens with zero attached hydrogens (tertiary/aromatic N) is 7. The SMILES string of the molecule is CCN(Cc1nc2cc(OC)c(OC)cc2c(=O)[nH]1)c1ccc2nnnn2n1. The summed E-state index contributed by atoms with van der Waals surface area (Å²) in [5.41, 5.74) is 0.829. The van der Waals surface area contributed by atoms with Gasteiger partial charge < -0.3 is 19.4 Å². The van der Waals surface area contributed by atoms with Gasteiger partial charge in [-0.05, 0) is 35.5 Å². The standard InChI is InChI=1S/C17H18N8O3/c1-4-24(16-6-5-15-20-22-23-25(15)21-16)9-14-18-11-8-13(28-3)12(27-2)7-10(11)17(26)19-14/h5-8H,4,9H2,1-3H3,(H,18,19,26). The lowest BCUT2D eigenvalue weighted by Crippen LogP contribution is -2.26. The molecule has 0 atom stereocenters. The van der Waals surface area contributed by atoms with E-state index in [1.165, 1.54) is 18.8 Å². The number of hydrogen-bond donors (Lipinski definition) is 1. The van der Waals surface area contributed by atoms with Crippen molar-refractivity contribution in [1.29, 1.82) is 0 Å². The fourth-order valence-corrected chi connectivity index (χ4v) is 2.93. The van der Waals surface area contributed by atoms with E-state index >= 15 is 0 Å². The summed E-state index contributed by atoms with van der Waals surface area (Å²) in [6, 6.07) is 6.91. The fraction of sp³-hybridized carbons (Fsp3) is 0.294. The zero-order chi connectivity index (χ0) is 19.7. The van der Waals surface area contributed by atoms with Gasteiger partial charge in [0.2, 0.25) is 0 Å². The van der Waals surface area contributed by atoms with Crippen molar-refractivity contribution >= 4 is 22.4 Å². The monoisotopic (exact) mass is 382 g/mol. The summed E-state index contributed by atoms with van der Waals surface area (Å²) in [7, 11) is 3.06. The molecule has 0 aliphatic heterocycles. The first-order valence-electron chi connectivity index (χ1n) is 8.58. The number of hydrogen-bond acceptors (Lipinski definition) is 9. The molecule has 3 heterocycles. The smallest absolute Gasteiger partial charge is 0.258 e. The van der Waals surface area contributed by atoms with E-state index in [0.29, 0.717) is 52.8 Å². The highest BCUT2D eigenvalue weighted by molar-refractivity contribution is 5.81. The quantitative estimate of drug-likeness (QED) is 0.515. The van der Waals surface area contributed by atoms with E-state index in [4.69, 9.17) is 9.47 Å². The molecule has 11 nitrogen and oxygen atoms in total. The molecule has 0 bridgehead atoms. The zero-order valence-corrected chi connectivity index (χ0v) is 15.6. The first kappa shape index (κ1) is 17.6. The number of tetrazole rings is 1. The summed E-state index contributed by atoms with van der Waals surface area (Å²) in [6.07, 6.45) is 0. The third kappa shape index (κ3) is 3.06. The molecule has 28 heavy (non-hydrogen) atoms. The van der Waals surface area contributed by atoms with Gasteiger partial charge in [-0.2, -0.15) is 0 Å². The number of benzene rings is 1. The van der Waals surface area contributed by atoms with Crippen molar-refractivity contribution in [3.63, 3.8) is 0 Å². The summed E-state index contributed by atoms with van der Waals surface area (Å²) in [4.78, 5) is 21.9. The van der Waals surface area contributed by atoms with Crippen LogP contribution in [0, 0.1) is 0 Å². The van der Waals surface area contributed by atoms with Gasteiger partial charge in [0.25, 0.3) is 5.56 Å². The zero-order valence-electron chi connectivity index (χ0n) is 15.6. The second kappa shape index (κ2) is 7.10. The molecule has 0 amide bonds. The molecule has 0 aliphatic rings. The van der Waals surface area contributed by atoms with E-state index in [1.54, 1.807) is 18.2 Å². The molecular weight excluding hydrogens is 364 g/mol. The minimum Gasteiger partial charge on any atom is -0.493 e. The van der Waals surface area contributed by atoms with E-state index in [-0.39, 0.29) is 5.56 Å². The third-order valence-electron chi connectivity index (χ3n) is 4.36. The molecule has 0 aliphatic carbocycles. The number of H-pyrrole nitrogens is 1. The summed E-state index contributed by atoms with van der Waals surface area (Å²) >= 11 is 0. The van der Waals surface area contributed by atoms with Crippen molar-refractivity contribution in [1.82, 2.24) is 35.2 Å². The Morgan fingerprint density at radius 2 is 1.96 bits per heavy atom. The highest BCUT2D eigenvalue weighted by atomic mass is 16.5. The van der Waals surface area contributed by atoms with Gasteiger partial charge in [0.15, 0.2) is 23.0 Å². The molecule has 11 heteroatoms. The van der Waals surface area contributed by atoms with E-state index < -0.39 is 0 Å². The lowest BCUT2D eigenvalue weighted by molar-refractivity contribution is 0.355. The van der Waals surface area contributed by atoms with Crippen LogP contribution in [0.1, 0.15) is 12.7 Å². The number of fused-ring (bicyclic) bond motifs is 2. The number of anilines is 1. The number of aromatic amines is 1. The van der Waals surface area contributed by atoms with Gasteiger partial charge in [0, 0.05) is 12.6 Å². The lowest BCUT2D eigenvalue weighted by Gasteiger charge is -2.21. The molecule has 0 fully saturated rings. The molecule has 144 valence electrons. The highest BCUT2D eigenvalue weighted by Crippen LogP contribution is 2.30. The van der Waals surface area contributed by atoms with Gasteiger partial charge in [-0.3, -0.25) is 4.79 Å². The van der Waals surface area contributed by atoms with Gasteiger partial charge in [-0.25, -0.2) is 4.98 Å². The van der Waals surface area contributed by atoms with Crippen LogP contribution >= 0.6 is 0 Å². The van der Waals surface area contributed by atoms with Crippen LogP contribution in [-0.4, -0.2) is 56.0 Å². The van der Waals surface area contributed by atoms with Crippen LogP contribution in [0.3, 0.4) is 0 Å². The molecule has 0 radical (unpaired) electrons. The number of aromatic nitrogens is 7. The molecule has 0 saturated carbocycles. The fourth-order valence-electron chi connectivity index (χ4n) is 2.93. The number of rotatable bonds is 6. The maximum Gasteiger partial charge on any atom is 0.258 e. The van der Waals surface area contributed by atoms with Gasteiger partial charge >= 0.3 is 0 Å². The van der Waals surface area contributed by atoms with Gasteiger partial charge in [-0.1, -0.05) is 0 Å². The Bertz CT molecular complexity index is 1200. The third-order valence-corrected chi connectivity index (χ3v) is 4.36. The maximum absolute atomic E-state index is 12.6. The predicted octanol–water partition coefficient (Wildman–Crippen LogP) is 0.799. The van der Waals surface area contributed by atoms with E-state index in [2.05, 4.69) is 30.6 Å². The average Bonchev–Trinajstić information content (AvgIpc) is 3.19. The second-order valence-corrected chi connectivity index (χ2v) is 5.97. The molecular formula is C17H18N8O3. The Labute approximate surface area is 158 Å². The first-order chi connectivity index (χ1) is 13.6. The largest absolute Gasteiger partial charge is 0.493 e. The lowest BCUT2D eigenvalue weighted by atomic mass is 10.2. The van der Waals surface area contributed by atoms with E-state index in [9.17, 15) is 4.79 Å². The minimum absolute atomic E-state index is 0.249. The Hall–Kier alpha value is -3.76. The van der Waals surface area contributed by atoms with Crippen molar-refractivity contribution < 1.29 is 9.47 Å². The number of methoxy groups -OCH3 is 2. The van der Waals surface area contributed by atoms with Crippen LogP contribution in [0.5, 0.6) is 11.5 Å². The molecule has 1 aromatic carbocycles. The van der Waals surface area contributed by atoms with Crippen molar-refractivity contribution in [3.8, 4) is 11.5 Å². The molecule has 0 spiro atoms. The predicted molar refractivity (Wildman–Crippen MR) is 101 cm³/mol. The minimum atomic E-state index is -0.249. The summed E-state index contributed by atoms with van der Waals surface area (Å²) in [5.74, 6) is 2.16. The Morgan fingerprint density at radius 3 is 2.71 bits per heavy atom. The second-order valence-electron chi connectivity index (χ2n) is 5.97. The van der Waals surface area contributed by atoms with Gasteiger partial charge in [-0.15, -0.1) is 14.8 Å². The molecule has 3 aromatic heterocycles. The van der Waals surface area contributed by atoms with E-state index in [0.717, 1.165) is 0 Å². The Kier molecular flexibility index (Phi) is 4.47. The van der Waals surface area contributed by atoms with Crippen molar-refractivity contribution in [3.05, 3.63) is 40.4 Å². The topological polar surface area (TPSA) is 123 Å². The van der Waals surface area contributed by atoms with Crippen LogP contribution in [0.4, 0.5) is 5.82 Å². The molecule has 1 N–H and O–H groups in total.